The Morgan fingerprint density at radius 1 is 1.33 bits per heavy atom. The summed E-state index contributed by atoms with van der Waals surface area (Å²) < 4.78 is 5.68. The van der Waals surface area contributed by atoms with Crippen molar-refractivity contribution >= 4 is 11.4 Å². The van der Waals surface area contributed by atoms with Crippen LogP contribution in [-0.2, 0) is 11.2 Å². The lowest BCUT2D eigenvalue weighted by Crippen LogP contribution is -2.26. The van der Waals surface area contributed by atoms with Crippen molar-refractivity contribution in [2.45, 2.75) is 26.7 Å². The normalized spacial score (nSPS) is 14.3. The predicted molar refractivity (Wildman–Crippen MR) is 77.0 cm³/mol. The summed E-state index contributed by atoms with van der Waals surface area (Å²) in [4.78, 5) is 2.35. The zero-order chi connectivity index (χ0) is 13.0. The SMILES string of the molecule is CC(C)CCOCCN1CCc2cccc(N)c21. The van der Waals surface area contributed by atoms with Crippen molar-refractivity contribution in [1.29, 1.82) is 0 Å². The van der Waals surface area contributed by atoms with Crippen LogP contribution in [0.4, 0.5) is 11.4 Å². The van der Waals surface area contributed by atoms with E-state index in [1.54, 1.807) is 0 Å². The fourth-order valence-electron chi connectivity index (χ4n) is 2.39. The summed E-state index contributed by atoms with van der Waals surface area (Å²) in [6, 6.07) is 6.19. The number of fused-ring (bicyclic) bond motifs is 1. The van der Waals surface area contributed by atoms with Gasteiger partial charge in [-0.2, -0.15) is 0 Å². The number of benzene rings is 1. The molecule has 0 saturated heterocycles. The van der Waals surface area contributed by atoms with Crippen LogP contribution >= 0.6 is 0 Å². The van der Waals surface area contributed by atoms with Gasteiger partial charge >= 0.3 is 0 Å². The van der Waals surface area contributed by atoms with E-state index in [2.05, 4.69) is 24.8 Å². The maximum Gasteiger partial charge on any atom is 0.0641 e. The van der Waals surface area contributed by atoms with Crippen LogP contribution in [0.2, 0.25) is 0 Å². The minimum atomic E-state index is 0.716. The molecule has 0 amide bonds. The molecule has 1 heterocycles. The van der Waals surface area contributed by atoms with Crippen LogP contribution in [-0.4, -0.2) is 26.3 Å². The summed E-state index contributed by atoms with van der Waals surface area (Å²) in [6.07, 6.45) is 2.24. The third-order valence-corrected chi connectivity index (χ3v) is 3.46. The molecule has 2 N–H and O–H groups in total. The lowest BCUT2D eigenvalue weighted by molar-refractivity contribution is 0.129. The predicted octanol–water partition coefficient (Wildman–Crippen LogP) is 2.69. The summed E-state index contributed by atoms with van der Waals surface area (Å²) in [6.45, 7) is 8.11. The van der Waals surface area contributed by atoms with Gasteiger partial charge in [0.25, 0.3) is 0 Å². The number of ether oxygens (including phenoxy) is 1. The van der Waals surface area contributed by atoms with Crippen LogP contribution in [0.3, 0.4) is 0 Å². The van der Waals surface area contributed by atoms with Crippen LogP contribution in [0.1, 0.15) is 25.8 Å². The van der Waals surface area contributed by atoms with Gasteiger partial charge in [-0.25, -0.2) is 0 Å². The number of hydrogen-bond donors (Lipinski definition) is 1. The lowest BCUT2D eigenvalue weighted by Gasteiger charge is -2.20. The Bertz CT molecular complexity index is 390. The van der Waals surface area contributed by atoms with Gasteiger partial charge in [-0.05, 0) is 30.4 Å². The van der Waals surface area contributed by atoms with E-state index in [0.29, 0.717) is 5.92 Å². The molecule has 0 fully saturated rings. The van der Waals surface area contributed by atoms with Crippen molar-refractivity contribution in [3.8, 4) is 0 Å². The lowest BCUT2D eigenvalue weighted by atomic mass is 10.1. The van der Waals surface area contributed by atoms with Crippen LogP contribution in [0, 0.1) is 5.92 Å². The molecule has 0 aliphatic carbocycles. The number of rotatable bonds is 6. The van der Waals surface area contributed by atoms with Gasteiger partial charge in [-0.15, -0.1) is 0 Å². The van der Waals surface area contributed by atoms with Gasteiger partial charge in [0.15, 0.2) is 0 Å². The van der Waals surface area contributed by atoms with E-state index in [0.717, 1.165) is 44.8 Å². The largest absolute Gasteiger partial charge is 0.397 e. The molecule has 18 heavy (non-hydrogen) atoms. The Kier molecular flexibility index (Phi) is 4.48. The third-order valence-electron chi connectivity index (χ3n) is 3.46. The zero-order valence-corrected chi connectivity index (χ0v) is 11.5. The first kappa shape index (κ1) is 13.2. The van der Waals surface area contributed by atoms with E-state index >= 15 is 0 Å². The molecule has 1 aliphatic heterocycles. The van der Waals surface area contributed by atoms with Crippen molar-refractivity contribution < 1.29 is 4.74 Å². The van der Waals surface area contributed by atoms with Crippen molar-refractivity contribution in [1.82, 2.24) is 0 Å². The Balaban J connectivity index is 1.79. The van der Waals surface area contributed by atoms with Gasteiger partial charge < -0.3 is 15.4 Å². The van der Waals surface area contributed by atoms with Crippen LogP contribution in [0.5, 0.6) is 0 Å². The molecule has 0 bridgehead atoms. The minimum Gasteiger partial charge on any atom is -0.397 e. The maximum atomic E-state index is 6.05. The number of nitrogens with two attached hydrogens (primary N) is 1. The zero-order valence-electron chi connectivity index (χ0n) is 11.5. The average molecular weight is 248 g/mol. The van der Waals surface area contributed by atoms with E-state index < -0.39 is 0 Å². The quantitative estimate of drug-likeness (QED) is 0.621. The number of anilines is 2. The molecule has 3 heteroatoms. The Morgan fingerprint density at radius 3 is 2.94 bits per heavy atom. The summed E-state index contributed by atoms with van der Waals surface area (Å²) in [5.74, 6) is 0.716. The molecule has 100 valence electrons. The number of nitrogen functional groups attached to an aromatic ring is 1. The van der Waals surface area contributed by atoms with E-state index in [-0.39, 0.29) is 0 Å². The van der Waals surface area contributed by atoms with E-state index in [1.165, 1.54) is 11.3 Å². The Labute approximate surface area is 110 Å². The summed E-state index contributed by atoms with van der Waals surface area (Å²) in [7, 11) is 0. The van der Waals surface area contributed by atoms with Gasteiger partial charge in [0.1, 0.15) is 0 Å². The first-order valence-corrected chi connectivity index (χ1v) is 6.88. The van der Waals surface area contributed by atoms with E-state index in [9.17, 15) is 0 Å². The van der Waals surface area contributed by atoms with Gasteiger partial charge in [0.2, 0.25) is 0 Å². The molecule has 3 nitrogen and oxygen atoms in total. The second-order valence-corrected chi connectivity index (χ2v) is 5.39. The molecule has 0 aromatic heterocycles. The molecule has 1 aromatic carbocycles. The molecule has 0 spiro atoms. The second kappa shape index (κ2) is 6.10. The Morgan fingerprint density at radius 2 is 2.17 bits per heavy atom. The number of nitrogens with zero attached hydrogens (tertiary/aromatic N) is 1. The topological polar surface area (TPSA) is 38.5 Å². The maximum absolute atomic E-state index is 6.05. The summed E-state index contributed by atoms with van der Waals surface area (Å²) in [5.41, 5.74) is 9.54. The fraction of sp³-hybridized carbons (Fsp3) is 0.600. The second-order valence-electron chi connectivity index (χ2n) is 5.39. The van der Waals surface area contributed by atoms with E-state index in [4.69, 9.17) is 10.5 Å². The molecule has 1 aliphatic rings. The number of hydrogen-bond acceptors (Lipinski definition) is 3. The highest BCUT2D eigenvalue weighted by Crippen LogP contribution is 2.33. The van der Waals surface area contributed by atoms with E-state index in [1.807, 2.05) is 12.1 Å². The molecule has 0 saturated carbocycles. The molecule has 1 aromatic rings. The highest BCUT2D eigenvalue weighted by atomic mass is 16.5. The molecular weight excluding hydrogens is 224 g/mol. The highest BCUT2D eigenvalue weighted by molar-refractivity contribution is 5.74. The third kappa shape index (κ3) is 3.16. The van der Waals surface area contributed by atoms with Crippen LogP contribution < -0.4 is 10.6 Å². The van der Waals surface area contributed by atoms with Crippen molar-refractivity contribution in [3.05, 3.63) is 23.8 Å². The van der Waals surface area contributed by atoms with Crippen molar-refractivity contribution in [2.75, 3.05) is 36.9 Å². The minimum absolute atomic E-state index is 0.716. The fourth-order valence-corrected chi connectivity index (χ4v) is 2.39. The average Bonchev–Trinajstić information content (AvgIpc) is 2.73. The molecule has 0 unspecified atom stereocenters. The molecule has 2 rings (SSSR count). The smallest absolute Gasteiger partial charge is 0.0641 e. The molecular formula is C15H24N2O. The summed E-state index contributed by atoms with van der Waals surface area (Å²) >= 11 is 0. The summed E-state index contributed by atoms with van der Waals surface area (Å²) in [5, 5.41) is 0. The monoisotopic (exact) mass is 248 g/mol. The highest BCUT2D eigenvalue weighted by Gasteiger charge is 2.20. The Hall–Kier alpha value is -1.22. The van der Waals surface area contributed by atoms with Gasteiger partial charge in [0, 0.05) is 19.7 Å². The van der Waals surface area contributed by atoms with Gasteiger partial charge in [0.05, 0.1) is 18.0 Å². The van der Waals surface area contributed by atoms with Gasteiger partial charge in [-0.1, -0.05) is 26.0 Å². The molecule has 0 atom stereocenters. The molecule has 0 radical (unpaired) electrons. The van der Waals surface area contributed by atoms with Crippen molar-refractivity contribution in [3.63, 3.8) is 0 Å². The number of para-hydroxylation sites is 1. The van der Waals surface area contributed by atoms with Crippen molar-refractivity contribution in [2.24, 2.45) is 5.92 Å². The van der Waals surface area contributed by atoms with Crippen LogP contribution in [0.15, 0.2) is 18.2 Å². The first-order chi connectivity index (χ1) is 8.68. The first-order valence-electron chi connectivity index (χ1n) is 6.88. The standard InChI is InChI=1S/C15H24N2O/c1-12(2)7-10-18-11-9-17-8-6-13-4-3-5-14(16)15(13)17/h3-5,12H,6-11,16H2,1-2H3. The van der Waals surface area contributed by atoms with Crippen LogP contribution in [0.25, 0.3) is 0 Å². The van der Waals surface area contributed by atoms with Gasteiger partial charge in [-0.3, -0.25) is 0 Å².